The fourth-order valence-corrected chi connectivity index (χ4v) is 1.76. The Bertz CT molecular complexity index is 458. The van der Waals surface area contributed by atoms with E-state index < -0.39 is 0 Å². The van der Waals surface area contributed by atoms with E-state index >= 15 is 0 Å². The zero-order valence-corrected chi connectivity index (χ0v) is 12.4. The number of ether oxygens (including phenoxy) is 2. The van der Waals surface area contributed by atoms with Crippen LogP contribution in [0.1, 0.15) is 32.3 Å². The van der Waals surface area contributed by atoms with Gasteiger partial charge < -0.3 is 20.3 Å². The number of hydrogen-bond acceptors (Lipinski definition) is 4. The minimum Gasteiger partial charge on any atom is -0.493 e. The lowest BCUT2D eigenvalue weighted by Gasteiger charge is -2.22. The summed E-state index contributed by atoms with van der Waals surface area (Å²) in [7, 11) is 1.57. The van der Waals surface area contributed by atoms with E-state index in [9.17, 15) is 0 Å². The lowest BCUT2D eigenvalue weighted by atomic mass is 9.87. The lowest BCUT2D eigenvalue weighted by molar-refractivity contribution is 0.267. The molecule has 0 unspecified atom stereocenters. The molecule has 112 valence electrons. The van der Waals surface area contributed by atoms with Crippen molar-refractivity contribution in [2.75, 3.05) is 13.7 Å². The van der Waals surface area contributed by atoms with Gasteiger partial charge in [-0.3, -0.25) is 5.41 Å². The Morgan fingerprint density at radius 2 is 2.05 bits per heavy atom. The van der Waals surface area contributed by atoms with Crippen molar-refractivity contribution in [1.29, 1.82) is 5.41 Å². The van der Waals surface area contributed by atoms with E-state index in [0.29, 0.717) is 18.1 Å². The molecule has 4 N–H and O–H groups in total. The molecule has 0 saturated carbocycles. The Labute approximate surface area is 120 Å². The number of benzene rings is 1. The first-order chi connectivity index (χ1) is 9.40. The Morgan fingerprint density at radius 3 is 2.60 bits per heavy atom. The molecule has 0 bridgehead atoms. The molecule has 0 saturated heterocycles. The molecular formula is C15H24N2O3. The minimum atomic E-state index is -0.297. The lowest BCUT2D eigenvalue weighted by Crippen LogP contribution is -2.31. The van der Waals surface area contributed by atoms with Gasteiger partial charge in [0.1, 0.15) is 0 Å². The first kappa shape index (κ1) is 16.3. The third-order valence-electron chi connectivity index (χ3n) is 3.34. The highest BCUT2D eigenvalue weighted by atomic mass is 16.5. The summed E-state index contributed by atoms with van der Waals surface area (Å²) >= 11 is 0. The maximum absolute atomic E-state index is 9.08. The fourth-order valence-electron chi connectivity index (χ4n) is 1.76. The van der Waals surface area contributed by atoms with Crippen molar-refractivity contribution in [2.24, 2.45) is 11.1 Å². The summed E-state index contributed by atoms with van der Waals surface area (Å²) in [6.45, 7) is 4.41. The second-order valence-electron chi connectivity index (χ2n) is 5.39. The fraction of sp³-hybridized carbons (Fsp3) is 0.533. The number of aliphatic hydroxyl groups excluding tert-OH is 1. The summed E-state index contributed by atoms with van der Waals surface area (Å²) in [5.41, 5.74) is 6.03. The Balaban J connectivity index is 2.52. The van der Waals surface area contributed by atoms with Crippen LogP contribution in [-0.2, 0) is 6.61 Å². The van der Waals surface area contributed by atoms with E-state index in [0.717, 1.165) is 18.4 Å². The maximum Gasteiger partial charge on any atom is 0.161 e. The number of aliphatic hydroxyl groups is 1. The molecule has 20 heavy (non-hydrogen) atoms. The van der Waals surface area contributed by atoms with Gasteiger partial charge in [-0.1, -0.05) is 19.9 Å². The molecule has 1 aromatic carbocycles. The van der Waals surface area contributed by atoms with Gasteiger partial charge in [-0.25, -0.2) is 0 Å². The van der Waals surface area contributed by atoms with Gasteiger partial charge in [0.15, 0.2) is 11.5 Å². The molecule has 0 atom stereocenters. The van der Waals surface area contributed by atoms with Crippen molar-refractivity contribution in [3.05, 3.63) is 23.8 Å². The molecule has 1 aromatic rings. The second kappa shape index (κ2) is 7.14. The molecule has 1 rings (SSSR count). The molecule has 0 fully saturated rings. The summed E-state index contributed by atoms with van der Waals surface area (Å²) in [5.74, 6) is 1.47. The highest BCUT2D eigenvalue weighted by Crippen LogP contribution is 2.29. The van der Waals surface area contributed by atoms with Crippen molar-refractivity contribution >= 4 is 5.84 Å². The van der Waals surface area contributed by atoms with Crippen LogP contribution in [0.25, 0.3) is 0 Å². The van der Waals surface area contributed by atoms with Crippen LogP contribution in [0.15, 0.2) is 18.2 Å². The summed E-state index contributed by atoms with van der Waals surface area (Å²) in [5, 5.41) is 16.6. The number of rotatable bonds is 8. The largest absolute Gasteiger partial charge is 0.493 e. The van der Waals surface area contributed by atoms with Gasteiger partial charge in [-0.2, -0.15) is 0 Å². The molecular weight excluding hydrogens is 256 g/mol. The molecule has 0 spiro atoms. The predicted octanol–water partition coefficient (Wildman–Crippen LogP) is 2.31. The van der Waals surface area contributed by atoms with Gasteiger partial charge in [0.05, 0.1) is 26.2 Å². The van der Waals surface area contributed by atoms with Crippen molar-refractivity contribution < 1.29 is 14.6 Å². The quantitative estimate of drug-likeness (QED) is 0.387. The number of amidine groups is 1. The predicted molar refractivity (Wildman–Crippen MR) is 79.3 cm³/mol. The van der Waals surface area contributed by atoms with E-state index in [1.165, 1.54) is 0 Å². The summed E-state index contributed by atoms with van der Waals surface area (Å²) in [4.78, 5) is 0. The van der Waals surface area contributed by atoms with Crippen LogP contribution in [-0.4, -0.2) is 24.7 Å². The highest BCUT2D eigenvalue weighted by Gasteiger charge is 2.20. The van der Waals surface area contributed by atoms with Gasteiger partial charge in [0.2, 0.25) is 0 Å². The van der Waals surface area contributed by atoms with Crippen molar-refractivity contribution in [3.63, 3.8) is 0 Å². The number of nitrogens with one attached hydrogen (secondary N) is 1. The molecule has 5 nitrogen and oxygen atoms in total. The minimum absolute atomic E-state index is 0.0244. The molecule has 0 heterocycles. The third kappa shape index (κ3) is 4.42. The molecule has 0 amide bonds. The Morgan fingerprint density at radius 1 is 1.35 bits per heavy atom. The van der Waals surface area contributed by atoms with E-state index in [4.69, 9.17) is 25.7 Å². The maximum atomic E-state index is 9.08. The highest BCUT2D eigenvalue weighted by molar-refractivity contribution is 5.82. The first-order valence-electron chi connectivity index (χ1n) is 6.66. The topological polar surface area (TPSA) is 88.6 Å². The Hall–Kier alpha value is -1.75. The molecule has 0 radical (unpaired) electrons. The van der Waals surface area contributed by atoms with E-state index in [1.807, 2.05) is 13.8 Å². The van der Waals surface area contributed by atoms with Gasteiger partial charge in [0.25, 0.3) is 0 Å². The van der Waals surface area contributed by atoms with Crippen molar-refractivity contribution in [3.8, 4) is 11.5 Å². The van der Waals surface area contributed by atoms with Gasteiger partial charge >= 0.3 is 0 Å². The van der Waals surface area contributed by atoms with Crippen LogP contribution in [0.3, 0.4) is 0 Å². The van der Waals surface area contributed by atoms with Crippen molar-refractivity contribution in [2.45, 2.75) is 33.3 Å². The van der Waals surface area contributed by atoms with E-state index in [-0.39, 0.29) is 17.9 Å². The first-order valence-corrected chi connectivity index (χ1v) is 6.66. The standard InChI is InChI=1S/C15H24N2O3/c1-15(2,14(16)17)7-4-8-20-12-6-5-11(10-18)9-13(12)19-3/h5-6,9,18H,4,7-8,10H2,1-3H3,(H3,16,17). The SMILES string of the molecule is COc1cc(CO)ccc1OCCCC(C)(C)C(=N)N. The van der Waals surface area contributed by atoms with E-state index in [2.05, 4.69) is 0 Å². The summed E-state index contributed by atoms with van der Waals surface area (Å²) in [6.07, 6.45) is 1.59. The van der Waals surface area contributed by atoms with Gasteiger partial charge in [-0.05, 0) is 30.5 Å². The number of methoxy groups -OCH3 is 1. The van der Waals surface area contributed by atoms with Crippen LogP contribution in [0.5, 0.6) is 11.5 Å². The summed E-state index contributed by atoms with van der Waals surface area (Å²) in [6, 6.07) is 5.35. The van der Waals surface area contributed by atoms with Crippen LogP contribution < -0.4 is 15.2 Å². The zero-order valence-electron chi connectivity index (χ0n) is 12.4. The monoisotopic (exact) mass is 280 g/mol. The molecule has 0 aliphatic rings. The molecule has 0 aromatic heterocycles. The molecule has 0 aliphatic heterocycles. The average molecular weight is 280 g/mol. The normalized spacial score (nSPS) is 11.2. The van der Waals surface area contributed by atoms with Gasteiger partial charge in [-0.15, -0.1) is 0 Å². The van der Waals surface area contributed by atoms with Crippen molar-refractivity contribution in [1.82, 2.24) is 0 Å². The van der Waals surface area contributed by atoms with Gasteiger partial charge in [0, 0.05) is 5.41 Å². The van der Waals surface area contributed by atoms with E-state index in [1.54, 1.807) is 25.3 Å². The van der Waals surface area contributed by atoms with Crippen LogP contribution in [0.2, 0.25) is 0 Å². The smallest absolute Gasteiger partial charge is 0.161 e. The zero-order chi connectivity index (χ0) is 15.2. The summed E-state index contributed by atoms with van der Waals surface area (Å²) < 4.78 is 10.9. The van der Waals surface area contributed by atoms with Crippen LogP contribution >= 0.6 is 0 Å². The average Bonchev–Trinajstić information content (AvgIpc) is 2.43. The van der Waals surface area contributed by atoms with Crippen LogP contribution in [0, 0.1) is 10.8 Å². The van der Waals surface area contributed by atoms with Crippen LogP contribution in [0.4, 0.5) is 0 Å². The number of nitrogens with two attached hydrogens (primary N) is 1. The molecule has 0 aliphatic carbocycles. The number of hydrogen-bond donors (Lipinski definition) is 3. The third-order valence-corrected chi connectivity index (χ3v) is 3.34. The second-order valence-corrected chi connectivity index (χ2v) is 5.39. The Kier molecular flexibility index (Phi) is 5.82. The molecule has 5 heteroatoms.